The third kappa shape index (κ3) is 3.51. The second-order valence-electron chi connectivity index (χ2n) is 4.63. The Balaban J connectivity index is 2.21. The molecule has 0 bridgehead atoms. The highest BCUT2D eigenvalue weighted by Crippen LogP contribution is 2.29. The predicted molar refractivity (Wildman–Crippen MR) is 80.1 cm³/mol. The third-order valence-electron chi connectivity index (χ3n) is 2.98. The van der Waals surface area contributed by atoms with Gasteiger partial charge in [0.25, 0.3) is 5.91 Å². The van der Waals surface area contributed by atoms with Crippen molar-refractivity contribution in [3.8, 4) is 11.5 Å². The van der Waals surface area contributed by atoms with Crippen molar-refractivity contribution < 1.29 is 13.9 Å². The van der Waals surface area contributed by atoms with E-state index in [1.165, 1.54) is 12.1 Å². The molecule has 110 valence electrons. The maximum Gasteiger partial charge on any atom is 0.251 e. The molecule has 0 saturated carbocycles. The number of benzene rings is 2. The molecule has 0 radical (unpaired) electrons. The molecule has 0 unspecified atom stereocenters. The third-order valence-corrected chi connectivity index (χ3v) is 2.98. The normalized spacial score (nSPS) is 10.2. The lowest BCUT2D eigenvalue weighted by atomic mass is 10.1. The molecule has 0 heterocycles. The average Bonchev–Trinajstić information content (AvgIpc) is 2.45. The number of nitrogen functional groups attached to an aromatic ring is 1. The molecule has 0 atom stereocenters. The van der Waals surface area contributed by atoms with Crippen LogP contribution in [0.15, 0.2) is 36.4 Å². The number of hydrogen-bond acceptors (Lipinski definition) is 3. The summed E-state index contributed by atoms with van der Waals surface area (Å²) >= 11 is 0. The van der Waals surface area contributed by atoms with Crippen molar-refractivity contribution in [2.45, 2.75) is 13.8 Å². The first-order valence-electron chi connectivity index (χ1n) is 6.63. The van der Waals surface area contributed by atoms with Crippen LogP contribution < -0.4 is 15.8 Å². The van der Waals surface area contributed by atoms with Crippen LogP contribution >= 0.6 is 0 Å². The average molecular weight is 288 g/mol. The predicted octanol–water partition coefficient (Wildman–Crippen LogP) is 3.26. The van der Waals surface area contributed by atoms with E-state index >= 15 is 0 Å². The number of aryl methyl sites for hydroxylation is 1. The number of nitrogens with one attached hydrogen (secondary N) is 1. The summed E-state index contributed by atoms with van der Waals surface area (Å²) in [4.78, 5) is 11.7. The van der Waals surface area contributed by atoms with Crippen LogP contribution in [-0.2, 0) is 0 Å². The second kappa shape index (κ2) is 6.26. The molecule has 0 aliphatic carbocycles. The zero-order valence-electron chi connectivity index (χ0n) is 11.9. The number of halogens is 1. The summed E-state index contributed by atoms with van der Waals surface area (Å²) in [6.07, 6.45) is 0. The number of nitrogens with two attached hydrogens (primary N) is 1. The van der Waals surface area contributed by atoms with Crippen LogP contribution in [0.2, 0.25) is 0 Å². The summed E-state index contributed by atoms with van der Waals surface area (Å²) in [5.41, 5.74) is 7.19. The van der Waals surface area contributed by atoms with Gasteiger partial charge in [-0.25, -0.2) is 4.39 Å². The van der Waals surface area contributed by atoms with Gasteiger partial charge in [-0.15, -0.1) is 0 Å². The van der Waals surface area contributed by atoms with E-state index in [0.717, 1.165) is 0 Å². The molecule has 0 aliphatic heterocycles. The van der Waals surface area contributed by atoms with Crippen molar-refractivity contribution >= 4 is 11.6 Å². The van der Waals surface area contributed by atoms with Crippen molar-refractivity contribution in [1.29, 1.82) is 0 Å². The van der Waals surface area contributed by atoms with Gasteiger partial charge in [0.1, 0.15) is 17.3 Å². The minimum Gasteiger partial charge on any atom is -0.455 e. The molecular formula is C16H17FN2O2. The summed E-state index contributed by atoms with van der Waals surface area (Å²) in [6.45, 7) is 4.05. The van der Waals surface area contributed by atoms with Crippen LogP contribution in [-0.4, -0.2) is 12.5 Å². The van der Waals surface area contributed by atoms with E-state index in [0.29, 0.717) is 34.9 Å². The van der Waals surface area contributed by atoms with E-state index in [1.807, 2.05) is 6.92 Å². The largest absolute Gasteiger partial charge is 0.455 e. The number of ether oxygens (including phenoxy) is 1. The maximum absolute atomic E-state index is 13.5. The molecule has 1 amide bonds. The number of amides is 1. The summed E-state index contributed by atoms with van der Waals surface area (Å²) in [6, 6.07) is 9.33. The Kier molecular flexibility index (Phi) is 4.42. The molecule has 2 aromatic carbocycles. The van der Waals surface area contributed by atoms with Gasteiger partial charge in [0, 0.05) is 18.2 Å². The molecule has 3 N–H and O–H groups in total. The van der Waals surface area contributed by atoms with Gasteiger partial charge >= 0.3 is 0 Å². The maximum atomic E-state index is 13.5. The van der Waals surface area contributed by atoms with Gasteiger partial charge in [0.2, 0.25) is 0 Å². The number of rotatable bonds is 4. The van der Waals surface area contributed by atoms with Gasteiger partial charge in [-0.2, -0.15) is 0 Å². The van der Waals surface area contributed by atoms with Crippen LogP contribution in [0.4, 0.5) is 10.1 Å². The van der Waals surface area contributed by atoms with Gasteiger partial charge in [-0.3, -0.25) is 4.79 Å². The van der Waals surface area contributed by atoms with Crippen molar-refractivity contribution in [3.63, 3.8) is 0 Å². The summed E-state index contributed by atoms with van der Waals surface area (Å²) in [5, 5.41) is 2.69. The minimum atomic E-state index is -0.343. The van der Waals surface area contributed by atoms with E-state index in [2.05, 4.69) is 5.32 Å². The smallest absolute Gasteiger partial charge is 0.251 e. The van der Waals surface area contributed by atoms with Gasteiger partial charge < -0.3 is 15.8 Å². The van der Waals surface area contributed by atoms with E-state index in [9.17, 15) is 9.18 Å². The first kappa shape index (κ1) is 14.8. The zero-order valence-corrected chi connectivity index (χ0v) is 11.9. The minimum absolute atomic E-state index is 0.197. The van der Waals surface area contributed by atoms with Crippen LogP contribution in [0, 0.1) is 12.7 Å². The molecule has 4 nitrogen and oxygen atoms in total. The Bertz CT molecular complexity index is 671. The fraction of sp³-hybridized carbons (Fsp3) is 0.188. The number of carbonyl (C=O) groups is 1. The van der Waals surface area contributed by atoms with Gasteiger partial charge in [-0.05, 0) is 43.7 Å². The van der Waals surface area contributed by atoms with Gasteiger partial charge in [0.05, 0.1) is 5.69 Å². The van der Waals surface area contributed by atoms with Crippen molar-refractivity contribution in [2.75, 3.05) is 12.3 Å². The molecule has 0 fully saturated rings. The monoisotopic (exact) mass is 288 g/mol. The molecule has 2 rings (SSSR count). The highest BCUT2D eigenvalue weighted by Gasteiger charge is 2.09. The lowest BCUT2D eigenvalue weighted by Crippen LogP contribution is -2.22. The highest BCUT2D eigenvalue weighted by molar-refractivity contribution is 5.95. The standard InChI is InChI=1S/C16H17FN2O2/c1-3-19-16(20)11-5-7-15(14(18)8-11)21-12-6-4-10(2)13(17)9-12/h4-9H,3,18H2,1-2H3,(H,19,20). The lowest BCUT2D eigenvalue weighted by molar-refractivity contribution is 0.0956. The van der Waals surface area contributed by atoms with Crippen LogP contribution in [0.3, 0.4) is 0 Å². The summed E-state index contributed by atoms with van der Waals surface area (Å²) < 4.78 is 19.0. The van der Waals surface area contributed by atoms with Gasteiger partial charge in [-0.1, -0.05) is 6.07 Å². The van der Waals surface area contributed by atoms with Crippen molar-refractivity contribution in [3.05, 3.63) is 53.3 Å². The molecule has 0 spiro atoms. The summed E-state index contributed by atoms with van der Waals surface area (Å²) in [5.74, 6) is 0.198. The lowest BCUT2D eigenvalue weighted by Gasteiger charge is -2.10. The molecular weight excluding hydrogens is 271 g/mol. The second-order valence-corrected chi connectivity index (χ2v) is 4.63. The fourth-order valence-corrected chi connectivity index (χ4v) is 1.81. The SMILES string of the molecule is CCNC(=O)c1ccc(Oc2ccc(C)c(F)c2)c(N)c1. The molecule has 0 saturated heterocycles. The Labute approximate surface area is 122 Å². The Morgan fingerprint density at radius 3 is 2.67 bits per heavy atom. The highest BCUT2D eigenvalue weighted by atomic mass is 19.1. The zero-order chi connectivity index (χ0) is 15.4. The molecule has 5 heteroatoms. The fourth-order valence-electron chi connectivity index (χ4n) is 1.81. The molecule has 21 heavy (non-hydrogen) atoms. The van der Waals surface area contributed by atoms with Crippen molar-refractivity contribution in [1.82, 2.24) is 5.32 Å². The number of hydrogen-bond donors (Lipinski definition) is 2. The quantitative estimate of drug-likeness (QED) is 0.849. The first-order chi connectivity index (χ1) is 10.0. The Morgan fingerprint density at radius 2 is 2.05 bits per heavy atom. The Hall–Kier alpha value is -2.56. The molecule has 0 aromatic heterocycles. The van der Waals surface area contributed by atoms with Crippen LogP contribution in [0.5, 0.6) is 11.5 Å². The van der Waals surface area contributed by atoms with E-state index in [4.69, 9.17) is 10.5 Å². The van der Waals surface area contributed by atoms with E-state index in [1.54, 1.807) is 31.2 Å². The van der Waals surface area contributed by atoms with E-state index < -0.39 is 0 Å². The number of anilines is 1. The summed E-state index contributed by atoms with van der Waals surface area (Å²) in [7, 11) is 0. The van der Waals surface area contributed by atoms with Crippen molar-refractivity contribution in [2.24, 2.45) is 0 Å². The Morgan fingerprint density at radius 1 is 1.29 bits per heavy atom. The number of carbonyl (C=O) groups excluding carboxylic acids is 1. The van der Waals surface area contributed by atoms with Gasteiger partial charge in [0.15, 0.2) is 0 Å². The molecule has 2 aromatic rings. The van der Waals surface area contributed by atoms with E-state index in [-0.39, 0.29) is 11.7 Å². The molecule has 0 aliphatic rings. The topological polar surface area (TPSA) is 64.3 Å². The van der Waals surface area contributed by atoms with Crippen LogP contribution in [0.1, 0.15) is 22.8 Å². The first-order valence-corrected chi connectivity index (χ1v) is 6.63. The van der Waals surface area contributed by atoms with Crippen LogP contribution in [0.25, 0.3) is 0 Å².